The fourth-order valence-corrected chi connectivity index (χ4v) is 4.03. The summed E-state index contributed by atoms with van der Waals surface area (Å²) in [7, 11) is 1.69. The summed E-state index contributed by atoms with van der Waals surface area (Å²) >= 11 is 0. The molecule has 0 spiro atoms. The van der Waals surface area contributed by atoms with Crippen molar-refractivity contribution in [2.24, 2.45) is 4.99 Å². The number of amides is 1. The zero-order chi connectivity index (χ0) is 21.6. The topological polar surface area (TPSA) is 78.0 Å². The number of hydrogen-bond acceptors (Lipinski definition) is 4. The molecule has 7 nitrogen and oxygen atoms in total. The van der Waals surface area contributed by atoms with Gasteiger partial charge < -0.3 is 25.6 Å². The second-order valence-corrected chi connectivity index (χ2v) is 7.73. The van der Waals surface area contributed by atoms with E-state index < -0.39 is 0 Å². The minimum absolute atomic E-state index is 0.0179. The Hall–Kier alpha value is -3.13. The SMILES string of the molecule is CN=C(NCc1ccc(N2CCOCC2)c(F)c1)NCC1CC(=O)Nc2ccccc21. The van der Waals surface area contributed by atoms with Crippen molar-refractivity contribution in [1.82, 2.24) is 10.6 Å². The minimum Gasteiger partial charge on any atom is -0.378 e. The highest BCUT2D eigenvalue weighted by atomic mass is 19.1. The summed E-state index contributed by atoms with van der Waals surface area (Å²) in [4.78, 5) is 18.3. The third-order valence-corrected chi connectivity index (χ3v) is 5.67. The van der Waals surface area contributed by atoms with Gasteiger partial charge in [0.1, 0.15) is 5.82 Å². The summed E-state index contributed by atoms with van der Waals surface area (Å²) in [6, 6.07) is 13.2. The van der Waals surface area contributed by atoms with E-state index in [0.29, 0.717) is 57.5 Å². The first-order valence-corrected chi connectivity index (χ1v) is 10.6. The van der Waals surface area contributed by atoms with E-state index in [0.717, 1.165) is 16.8 Å². The van der Waals surface area contributed by atoms with Gasteiger partial charge in [0.15, 0.2) is 5.96 Å². The number of halogens is 1. The van der Waals surface area contributed by atoms with Gasteiger partial charge >= 0.3 is 0 Å². The molecule has 1 fully saturated rings. The molecule has 2 aliphatic heterocycles. The van der Waals surface area contributed by atoms with Crippen molar-refractivity contribution in [3.8, 4) is 0 Å². The summed E-state index contributed by atoms with van der Waals surface area (Å²) < 4.78 is 20.0. The standard InChI is InChI=1S/C23H28FN5O2/c1-25-23(27-15-17-13-22(30)28-20-5-3-2-4-18(17)20)26-14-16-6-7-21(19(24)12-16)29-8-10-31-11-9-29/h2-7,12,17H,8-11,13-15H2,1H3,(H,28,30)(H2,25,26,27). The number of nitrogens with one attached hydrogen (secondary N) is 3. The van der Waals surface area contributed by atoms with Crippen LogP contribution in [0.15, 0.2) is 47.5 Å². The minimum atomic E-state index is -0.228. The van der Waals surface area contributed by atoms with Crippen LogP contribution in [0.1, 0.15) is 23.5 Å². The van der Waals surface area contributed by atoms with Gasteiger partial charge in [-0.3, -0.25) is 9.79 Å². The van der Waals surface area contributed by atoms with E-state index in [1.165, 1.54) is 0 Å². The molecule has 31 heavy (non-hydrogen) atoms. The molecule has 0 saturated carbocycles. The lowest BCUT2D eigenvalue weighted by Gasteiger charge is -2.29. The van der Waals surface area contributed by atoms with Crippen LogP contribution in [-0.2, 0) is 16.1 Å². The van der Waals surface area contributed by atoms with Crippen LogP contribution in [0.4, 0.5) is 15.8 Å². The zero-order valence-electron chi connectivity index (χ0n) is 17.7. The molecule has 1 atom stereocenters. The second kappa shape index (κ2) is 9.78. The van der Waals surface area contributed by atoms with Crippen molar-refractivity contribution >= 4 is 23.2 Å². The van der Waals surface area contributed by atoms with Crippen molar-refractivity contribution in [3.05, 3.63) is 59.4 Å². The Morgan fingerprint density at radius 2 is 2.03 bits per heavy atom. The number of nitrogens with zero attached hydrogens (tertiary/aromatic N) is 2. The molecule has 2 aromatic rings. The Balaban J connectivity index is 1.33. The number of benzene rings is 2. The van der Waals surface area contributed by atoms with Gasteiger partial charge in [0.25, 0.3) is 0 Å². The van der Waals surface area contributed by atoms with Gasteiger partial charge in [-0.05, 0) is 29.3 Å². The molecular formula is C23H28FN5O2. The van der Waals surface area contributed by atoms with E-state index >= 15 is 0 Å². The molecule has 0 aliphatic carbocycles. The molecule has 2 heterocycles. The maximum atomic E-state index is 14.6. The summed E-state index contributed by atoms with van der Waals surface area (Å²) in [5, 5.41) is 9.43. The van der Waals surface area contributed by atoms with Gasteiger partial charge in [0.2, 0.25) is 5.91 Å². The maximum absolute atomic E-state index is 14.6. The smallest absolute Gasteiger partial charge is 0.225 e. The molecule has 8 heteroatoms. The van der Waals surface area contributed by atoms with Gasteiger partial charge in [-0.1, -0.05) is 24.3 Å². The Morgan fingerprint density at radius 1 is 1.23 bits per heavy atom. The van der Waals surface area contributed by atoms with E-state index in [9.17, 15) is 9.18 Å². The lowest BCUT2D eigenvalue weighted by molar-refractivity contribution is -0.116. The van der Waals surface area contributed by atoms with Crippen molar-refractivity contribution in [2.45, 2.75) is 18.9 Å². The van der Waals surface area contributed by atoms with Crippen molar-refractivity contribution in [1.29, 1.82) is 0 Å². The van der Waals surface area contributed by atoms with E-state index in [1.807, 2.05) is 41.3 Å². The quantitative estimate of drug-likeness (QED) is 0.507. The highest BCUT2D eigenvalue weighted by Crippen LogP contribution is 2.31. The first kappa shape index (κ1) is 21.1. The Morgan fingerprint density at radius 3 is 2.81 bits per heavy atom. The van der Waals surface area contributed by atoms with E-state index in [2.05, 4.69) is 20.9 Å². The van der Waals surface area contributed by atoms with Crippen LogP contribution in [0.2, 0.25) is 0 Å². The van der Waals surface area contributed by atoms with Crippen LogP contribution in [0.25, 0.3) is 0 Å². The summed E-state index contributed by atoms with van der Waals surface area (Å²) in [5.74, 6) is 0.466. The number of rotatable bonds is 5. The highest BCUT2D eigenvalue weighted by molar-refractivity contribution is 5.94. The fourth-order valence-electron chi connectivity index (χ4n) is 4.03. The summed E-state index contributed by atoms with van der Waals surface area (Å²) in [6.45, 7) is 3.67. The number of guanidine groups is 1. The Kier molecular flexibility index (Phi) is 6.66. The number of ether oxygens (including phenoxy) is 1. The predicted molar refractivity (Wildman–Crippen MR) is 120 cm³/mol. The lowest BCUT2D eigenvalue weighted by Crippen LogP contribution is -2.40. The number of morpholine rings is 1. The zero-order valence-corrected chi connectivity index (χ0v) is 17.7. The van der Waals surface area contributed by atoms with E-state index in [1.54, 1.807) is 13.1 Å². The molecular weight excluding hydrogens is 397 g/mol. The van der Waals surface area contributed by atoms with E-state index in [4.69, 9.17) is 4.74 Å². The molecule has 0 bridgehead atoms. The highest BCUT2D eigenvalue weighted by Gasteiger charge is 2.24. The van der Waals surface area contributed by atoms with Gasteiger partial charge in [-0.25, -0.2) is 4.39 Å². The normalized spacial score (nSPS) is 18.9. The molecule has 164 valence electrons. The largest absolute Gasteiger partial charge is 0.378 e. The van der Waals surface area contributed by atoms with Gasteiger partial charge in [-0.15, -0.1) is 0 Å². The second-order valence-electron chi connectivity index (χ2n) is 7.73. The van der Waals surface area contributed by atoms with Crippen LogP contribution in [0.3, 0.4) is 0 Å². The maximum Gasteiger partial charge on any atom is 0.225 e. The van der Waals surface area contributed by atoms with Crippen LogP contribution in [0, 0.1) is 5.82 Å². The average molecular weight is 426 g/mol. The number of fused-ring (bicyclic) bond motifs is 1. The summed E-state index contributed by atoms with van der Waals surface area (Å²) in [6.07, 6.45) is 0.426. The number of aliphatic imine (C=N–C) groups is 1. The van der Waals surface area contributed by atoms with Gasteiger partial charge in [-0.2, -0.15) is 0 Å². The van der Waals surface area contributed by atoms with Crippen molar-refractivity contribution in [2.75, 3.05) is 50.1 Å². The van der Waals surface area contributed by atoms with Crippen molar-refractivity contribution < 1.29 is 13.9 Å². The molecule has 2 aromatic carbocycles. The third kappa shape index (κ3) is 5.14. The van der Waals surface area contributed by atoms with Crippen LogP contribution in [-0.4, -0.2) is 51.8 Å². The molecule has 1 unspecified atom stereocenters. The monoisotopic (exact) mass is 425 g/mol. The average Bonchev–Trinajstić information content (AvgIpc) is 2.79. The van der Waals surface area contributed by atoms with E-state index in [-0.39, 0.29) is 17.6 Å². The molecule has 0 aromatic heterocycles. The van der Waals surface area contributed by atoms with Gasteiger partial charge in [0.05, 0.1) is 18.9 Å². The molecule has 1 saturated heterocycles. The van der Waals surface area contributed by atoms with Crippen LogP contribution >= 0.6 is 0 Å². The number of para-hydroxylation sites is 1. The van der Waals surface area contributed by atoms with Crippen molar-refractivity contribution in [3.63, 3.8) is 0 Å². The van der Waals surface area contributed by atoms with Crippen LogP contribution < -0.4 is 20.9 Å². The van der Waals surface area contributed by atoms with Crippen LogP contribution in [0.5, 0.6) is 0 Å². The molecule has 3 N–H and O–H groups in total. The summed E-state index contributed by atoms with van der Waals surface area (Å²) in [5.41, 5.74) is 3.43. The number of anilines is 2. The Bertz CT molecular complexity index is 959. The molecule has 1 amide bonds. The number of carbonyl (C=O) groups excluding carboxylic acids is 1. The fraction of sp³-hybridized carbons (Fsp3) is 0.391. The number of carbonyl (C=O) groups is 1. The predicted octanol–water partition coefficient (Wildman–Crippen LogP) is 2.45. The Labute approximate surface area is 181 Å². The molecule has 2 aliphatic rings. The first-order chi connectivity index (χ1) is 15.1. The molecule has 0 radical (unpaired) electrons. The first-order valence-electron chi connectivity index (χ1n) is 10.6. The molecule has 4 rings (SSSR count). The number of hydrogen-bond donors (Lipinski definition) is 3. The lowest BCUT2D eigenvalue weighted by atomic mass is 9.90. The van der Waals surface area contributed by atoms with Gasteiger partial charge in [0, 0.05) is 51.3 Å². The third-order valence-electron chi connectivity index (χ3n) is 5.67.